The number of aromatic nitrogens is 2. The molecule has 3 aliphatic rings. The molecule has 3 atom stereocenters. The summed E-state index contributed by atoms with van der Waals surface area (Å²) in [5, 5.41) is 4.06. The van der Waals surface area contributed by atoms with Crippen molar-refractivity contribution in [2.45, 2.75) is 56.3 Å². The van der Waals surface area contributed by atoms with E-state index in [1.807, 2.05) is 4.90 Å². The molecule has 0 N–H and O–H groups in total. The molecule has 1 aromatic heterocycles. The Bertz CT molecular complexity index is 833. The summed E-state index contributed by atoms with van der Waals surface area (Å²) in [5.41, 5.74) is -0.204. The first kappa shape index (κ1) is 17.0. The van der Waals surface area contributed by atoms with E-state index >= 15 is 0 Å². The predicted octanol–water partition coefficient (Wildman–Crippen LogP) is 0.475. The van der Waals surface area contributed by atoms with Crippen molar-refractivity contribution in [1.82, 2.24) is 19.0 Å². The third kappa shape index (κ3) is 2.09. The Morgan fingerprint density at radius 3 is 2.72 bits per heavy atom. The van der Waals surface area contributed by atoms with Crippen LogP contribution in [0.2, 0.25) is 0 Å². The number of nitrogens with zero attached hydrogens (tertiary/aromatic N) is 4. The van der Waals surface area contributed by atoms with E-state index in [1.54, 1.807) is 18.7 Å². The summed E-state index contributed by atoms with van der Waals surface area (Å²) in [5.74, 6) is 0.261. The second-order valence-corrected chi connectivity index (χ2v) is 9.39. The first-order chi connectivity index (χ1) is 11.7. The van der Waals surface area contributed by atoms with Gasteiger partial charge >= 0.3 is 0 Å². The van der Waals surface area contributed by atoms with E-state index in [0.29, 0.717) is 25.3 Å². The van der Waals surface area contributed by atoms with Gasteiger partial charge in [-0.3, -0.25) is 9.48 Å². The van der Waals surface area contributed by atoms with E-state index in [0.717, 1.165) is 0 Å². The highest BCUT2D eigenvalue weighted by Crippen LogP contribution is 2.50. The zero-order chi connectivity index (χ0) is 18.1. The van der Waals surface area contributed by atoms with Crippen LogP contribution >= 0.6 is 0 Å². The van der Waals surface area contributed by atoms with Crippen molar-refractivity contribution in [2.24, 2.45) is 13.0 Å². The van der Waals surface area contributed by atoms with Crippen molar-refractivity contribution in [3.8, 4) is 0 Å². The van der Waals surface area contributed by atoms with Gasteiger partial charge in [0.05, 0.1) is 30.6 Å². The SMILES string of the molecule is Cc1c(S(=O)(=O)N2CC[C@@]34OC[C@@H](C(C)C)N3C(=O)C[C@@H]24)cnn1C. The number of hydrogen-bond donors (Lipinski definition) is 0. The maximum absolute atomic E-state index is 13.2. The number of ether oxygens (including phenoxy) is 1. The molecule has 0 radical (unpaired) electrons. The Balaban J connectivity index is 1.72. The van der Waals surface area contributed by atoms with Gasteiger partial charge in [0.15, 0.2) is 5.72 Å². The molecular weight excluding hydrogens is 344 g/mol. The minimum Gasteiger partial charge on any atom is -0.352 e. The van der Waals surface area contributed by atoms with Crippen LogP contribution in [0.3, 0.4) is 0 Å². The van der Waals surface area contributed by atoms with Crippen molar-refractivity contribution < 1.29 is 17.9 Å². The molecule has 4 heterocycles. The monoisotopic (exact) mass is 368 g/mol. The van der Waals surface area contributed by atoms with Gasteiger partial charge in [0.2, 0.25) is 15.9 Å². The van der Waals surface area contributed by atoms with Gasteiger partial charge in [0.1, 0.15) is 4.90 Å². The average molecular weight is 368 g/mol. The van der Waals surface area contributed by atoms with E-state index in [2.05, 4.69) is 18.9 Å². The molecule has 1 aromatic rings. The van der Waals surface area contributed by atoms with Crippen LogP contribution in [0.1, 0.15) is 32.4 Å². The Morgan fingerprint density at radius 2 is 2.12 bits per heavy atom. The van der Waals surface area contributed by atoms with Gasteiger partial charge in [-0.2, -0.15) is 9.40 Å². The van der Waals surface area contributed by atoms with Gasteiger partial charge in [-0.15, -0.1) is 0 Å². The minimum absolute atomic E-state index is 0.0102. The van der Waals surface area contributed by atoms with Crippen LogP contribution in [0.15, 0.2) is 11.1 Å². The fraction of sp³-hybridized carbons (Fsp3) is 0.750. The van der Waals surface area contributed by atoms with Crippen LogP contribution in [-0.2, 0) is 26.6 Å². The van der Waals surface area contributed by atoms with Gasteiger partial charge in [0, 0.05) is 26.4 Å². The lowest BCUT2D eigenvalue weighted by Crippen LogP contribution is -2.51. The highest BCUT2D eigenvalue weighted by molar-refractivity contribution is 7.89. The quantitative estimate of drug-likeness (QED) is 0.775. The van der Waals surface area contributed by atoms with Crippen LogP contribution < -0.4 is 0 Å². The van der Waals surface area contributed by atoms with Crippen molar-refractivity contribution >= 4 is 15.9 Å². The Labute approximate surface area is 147 Å². The summed E-state index contributed by atoms with van der Waals surface area (Å²) in [6.45, 7) is 6.70. The standard InChI is InChI=1S/C16H24N4O4S/c1-10(2)12-9-24-16-5-6-19(14(16)7-15(21)20(12)16)25(22,23)13-8-17-18(4)11(13)3/h8,10,12,14H,5-7,9H2,1-4H3/t12-,14+,16-/m0/s1. The average Bonchev–Trinajstić information content (AvgIpc) is 3.22. The molecule has 9 heteroatoms. The highest BCUT2D eigenvalue weighted by Gasteiger charge is 2.66. The molecular formula is C16H24N4O4S. The van der Waals surface area contributed by atoms with Crippen LogP contribution in [0, 0.1) is 12.8 Å². The second-order valence-electron chi connectivity index (χ2n) is 7.53. The van der Waals surface area contributed by atoms with Crippen molar-refractivity contribution in [1.29, 1.82) is 0 Å². The Morgan fingerprint density at radius 1 is 1.40 bits per heavy atom. The molecule has 0 aliphatic carbocycles. The summed E-state index contributed by atoms with van der Waals surface area (Å²) in [4.78, 5) is 14.7. The molecule has 1 spiro atoms. The molecule has 0 bridgehead atoms. The van der Waals surface area contributed by atoms with Crippen LogP contribution in [0.4, 0.5) is 0 Å². The highest BCUT2D eigenvalue weighted by atomic mass is 32.2. The predicted molar refractivity (Wildman–Crippen MR) is 89.0 cm³/mol. The van der Waals surface area contributed by atoms with Gasteiger partial charge in [-0.1, -0.05) is 13.8 Å². The van der Waals surface area contributed by atoms with Crippen LogP contribution in [0.25, 0.3) is 0 Å². The van der Waals surface area contributed by atoms with E-state index in [-0.39, 0.29) is 29.2 Å². The zero-order valence-electron chi connectivity index (χ0n) is 15.0. The number of hydrogen-bond acceptors (Lipinski definition) is 5. The van der Waals surface area contributed by atoms with E-state index in [1.165, 1.54) is 10.5 Å². The maximum atomic E-state index is 13.2. The first-order valence-electron chi connectivity index (χ1n) is 8.66. The third-order valence-corrected chi connectivity index (χ3v) is 8.00. The van der Waals surface area contributed by atoms with Crippen molar-refractivity contribution in [3.05, 3.63) is 11.9 Å². The summed E-state index contributed by atoms with van der Waals surface area (Å²) in [6.07, 6.45) is 2.09. The smallest absolute Gasteiger partial charge is 0.246 e. The number of sulfonamides is 1. The lowest BCUT2D eigenvalue weighted by molar-refractivity contribution is -0.139. The topological polar surface area (TPSA) is 84.7 Å². The van der Waals surface area contributed by atoms with Crippen molar-refractivity contribution in [2.75, 3.05) is 13.2 Å². The molecule has 138 valence electrons. The number of carbonyl (C=O) groups excluding carboxylic acids is 1. The number of rotatable bonds is 3. The van der Waals surface area contributed by atoms with Gasteiger partial charge in [-0.05, 0) is 12.8 Å². The third-order valence-electron chi connectivity index (χ3n) is 5.99. The van der Waals surface area contributed by atoms with Gasteiger partial charge in [-0.25, -0.2) is 8.42 Å². The van der Waals surface area contributed by atoms with E-state index in [9.17, 15) is 13.2 Å². The largest absolute Gasteiger partial charge is 0.352 e. The molecule has 0 saturated carbocycles. The maximum Gasteiger partial charge on any atom is 0.246 e. The second kappa shape index (κ2) is 5.28. The number of carbonyl (C=O) groups is 1. The summed E-state index contributed by atoms with van der Waals surface area (Å²) in [7, 11) is -2.00. The lowest BCUT2D eigenvalue weighted by atomic mass is 10.0. The summed E-state index contributed by atoms with van der Waals surface area (Å²) < 4.78 is 35.5. The minimum atomic E-state index is -3.72. The van der Waals surface area contributed by atoms with Gasteiger partial charge < -0.3 is 9.64 Å². The molecule has 0 aromatic carbocycles. The molecule has 1 amide bonds. The molecule has 3 saturated heterocycles. The van der Waals surface area contributed by atoms with Crippen LogP contribution in [0.5, 0.6) is 0 Å². The van der Waals surface area contributed by atoms with Gasteiger partial charge in [0.25, 0.3) is 0 Å². The fourth-order valence-electron chi connectivity index (χ4n) is 4.48. The Hall–Kier alpha value is -1.45. The van der Waals surface area contributed by atoms with E-state index in [4.69, 9.17) is 4.74 Å². The molecule has 3 aliphatic heterocycles. The normalized spacial score (nSPS) is 32.7. The Kier molecular flexibility index (Phi) is 3.59. The molecule has 25 heavy (non-hydrogen) atoms. The molecule has 3 fully saturated rings. The fourth-order valence-corrected chi connectivity index (χ4v) is 6.32. The lowest BCUT2D eigenvalue weighted by Gasteiger charge is -2.34. The number of amides is 1. The number of aryl methyl sites for hydroxylation is 1. The molecule has 4 rings (SSSR count). The van der Waals surface area contributed by atoms with Crippen LogP contribution in [-0.4, -0.2) is 64.3 Å². The summed E-state index contributed by atoms with van der Waals surface area (Å²) in [6, 6.07) is -0.450. The molecule has 0 unspecified atom stereocenters. The molecule has 8 nitrogen and oxygen atoms in total. The zero-order valence-corrected chi connectivity index (χ0v) is 15.8. The van der Waals surface area contributed by atoms with E-state index < -0.39 is 21.8 Å². The first-order valence-corrected chi connectivity index (χ1v) is 10.1. The van der Waals surface area contributed by atoms with Crippen molar-refractivity contribution in [3.63, 3.8) is 0 Å². The summed E-state index contributed by atoms with van der Waals surface area (Å²) >= 11 is 0.